The van der Waals surface area contributed by atoms with Crippen LogP contribution >= 0.6 is 0 Å². The smallest absolute Gasteiger partial charge is 0.248 e. The monoisotopic (exact) mass is 406 g/mol. The summed E-state index contributed by atoms with van der Waals surface area (Å²) in [5.74, 6) is 0.404. The van der Waals surface area contributed by atoms with Gasteiger partial charge in [-0.25, -0.2) is 8.42 Å². The van der Waals surface area contributed by atoms with Crippen molar-refractivity contribution in [2.45, 2.75) is 26.8 Å². The maximum absolute atomic E-state index is 12.9. The van der Waals surface area contributed by atoms with Gasteiger partial charge in [0.1, 0.15) is 6.04 Å². The van der Waals surface area contributed by atoms with Crippen molar-refractivity contribution >= 4 is 27.3 Å². The van der Waals surface area contributed by atoms with Crippen LogP contribution in [-0.4, -0.2) is 40.8 Å². The number of methoxy groups -OCH3 is 2. The number of carbonyl (C=O) groups excluding carboxylic acids is 1. The van der Waals surface area contributed by atoms with Crippen molar-refractivity contribution in [1.82, 2.24) is 0 Å². The van der Waals surface area contributed by atoms with Crippen LogP contribution in [0.5, 0.6) is 11.5 Å². The maximum atomic E-state index is 12.9. The minimum Gasteiger partial charge on any atom is -0.493 e. The zero-order valence-electron chi connectivity index (χ0n) is 16.9. The lowest BCUT2D eigenvalue weighted by Crippen LogP contribution is -2.45. The number of nitrogens with one attached hydrogen (secondary N) is 1. The van der Waals surface area contributed by atoms with Gasteiger partial charge in [0.25, 0.3) is 0 Å². The fourth-order valence-electron chi connectivity index (χ4n) is 3.01. The number of amides is 1. The molecule has 0 aliphatic rings. The number of hydrogen-bond acceptors (Lipinski definition) is 5. The molecule has 0 heterocycles. The molecule has 28 heavy (non-hydrogen) atoms. The zero-order valence-corrected chi connectivity index (χ0v) is 17.8. The predicted molar refractivity (Wildman–Crippen MR) is 111 cm³/mol. The fourth-order valence-corrected chi connectivity index (χ4v) is 4.18. The molecule has 0 aliphatic carbocycles. The van der Waals surface area contributed by atoms with E-state index in [2.05, 4.69) is 5.32 Å². The van der Waals surface area contributed by atoms with Crippen LogP contribution in [0.3, 0.4) is 0 Å². The molecule has 7 nitrogen and oxygen atoms in total. The van der Waals surface area contributed by atoms with Crippen LogP contribution in [0, 0.1) is 13.8 Å². The van der Waals surface area contributed by atoms with Gasteiger partial charge in [-0.05, 0) is 44.0 Å². The molecule has 0 fully saturated rings. The van der Waals surface area contributed by atoms with Crippen LogP contribution in [0.2, 0.25) is 0 Å². The van der Waals surface area contributed by atoms with E-state index < -0.39 is 22.0 Å². The Morgan fingerprint density at radius 3 is 2.11 bits per heavy atom. The van der Waals surface area contributed by atoms with Crippen molar-refractivity contribution < 1.29 is 22.7 Å². The summed E-state index contributed by atoms with van der Waals surface area (Å²) in [7, 11) is -0.789. The zero-order chi connectivity index (χ0) is 21.1. The van der Waals surface area contributed by atoms with Gasteiger partial charge in [-0.3, -0.25) is 9.10 Å². The molecule has 0 radical (unpaired) electrons. The predicted octanol–water partition coefficient (Wildman–Crippen LogP) is 3.11. The average molecular weight is 407 g/mol. The largest absolute Gasteiger partial charge is 0.493 e. The number of ether oxygens (including phenoxy) is 2. The first kappa shape index (κ1) is 21.6. The van der Waals surface area contributed by atoms with Gasteiger partial charge >= 0.3 is 0 Å². The molecule has 0 spiro atoms. The molecule has 2 aromatic carbocycles. The number of hydrogen-bond donors (Lipinski definition) is 1. The number of benzene rings is 2. The number of anilines is 2. The van der Waals surface area contributed by atoms with Gasteiger partial charge in [0, 0.05) is 11.8 Å². The maximum Gasteiger partial charge on any atom is 0.248 e. The molecule has 1 N–H and O–H groups in total. The van der Waals surface area contributed by atoms with Crippen molar-refractivity contribution in [3.8, 4) is 11.5 Å². The van der Waals surface area contributed by atoms with E-state index in [1.807, 2.05) is 32.0 Å². The first-order valence-electron chi connectivity index (χ1n) is 8.68. The second-order valence-corrected chi connectivity index (χ2v) is 8.39. The molecule has 0 aromatic heterocycles. The molecule has 1 atom stereocenters. The van der Waals surface area contributed by atoms with E-state index in [1.54, 1.807) is 19.1 Å². The topological polar surface area (TPSA) is 84.9 Å². The Kier molecular flexibility index (Phi) is 6.56. The number of nitrogens with zero attached hydrogens (tertiary/aromatic N) is 1. The van der Waals surface area contributed by atoms with Gasteiger partial charge in [0.15, 0.2) is 11.5 Å². The Bertz CT molecular complexity index is 952. The third-order valence-electron chi connectivity index (χ3n) is 4.44. The van der Waals surface area contributed by atoms with E-state index in [0.717, 1.165) is 21.7 Å². The Hall–Kier alpha value is -2.74. The normalized spacial score (nSPS) is 12.2. The minimum absolute atomic E-state index is 0.310. The van der Waals surface area contributed by atoms with Crippen LogP contribution in [0.4, 0.5) is 11.4 Å². The first-order chi connectivity index (χ1) is 13.1. The van der Waals surface area contributed by atoms with Gasteiger partial charge in [0.2, 0.25) is 15.9 Å². The summed E-state index contributed by atoms with van der Waals surface area (Å²) in [6.07, 6.45) is 1.06. The third kappa shape index (κ3) is 4.56. The van der Waals surface area contributed by atoms with Crippen molar-refractivity contribution in [3.05, 3.63) is 47.5 Å². The highest BCUT2D eigenvalue weighted by Gasteiger charge is 2.30. The van der Waals surface area contributed by atoms with Crippen LogP contribution in [-0.2, 0) is 14.8 Å². The number of carbonyl (C=O) groups is 1. The lowest BCUT2D eigenvalue weighted by molar-refractivity contribution is -0.116. The molecule has 2 aromatic rings. The average Bonchev–Trinajstić information content (AvgIpc) is 2.63. The van der Waals surface area contributed by atoms with Gasteiger partial charge in [-0.1, -0.05) is 18.2 Å². The SMILES string of the molecule is COc1ccc(N([C@@H](C)C(=O)Nc2c(C)cccc2C)S(C)(=O)=O)cc1OC. The summed E-state index contributed by atoms with van der Waals surface area (Å²) < 4.78 is 36.5. The molecule has 0 unspecified atom stereocenters. The summed E-state index contributed by atoms with van der Waals surface area (Å²) >= 11 is 0. The highest BCUT2D eigenvalue weighted by molar-refractivity contribution is 7.92. The van der Waals surface area contributed by atoms with Crippen molar-refractivity contribution in [2.75, 3.05) is 30.1 Å². The Labute approximate surface area is 166 Å². The molecule has 0 saturated carbocycles. The highest BCUT2D eigenvalue weighted by Crippen LogP contribution is 2.33. The van der Waals surface area contributed by atoms with Crippen molar-refractivity contribution in [2.24, 2.45) is 0 Å². The summed E-state index contributed by atoms with van der Waals surface area (Å²) in [6, 6.07) is 9.39. The van der Waals surface area contributed by atoms with Crippen LogP contribution in [0.1, 0.15) is 18.1 Å². The molecule has 1 amide bonds. The Balaban J connectivity index is 2.42. The molecule has 2 rings (SSSR count). The van der Waals surface area contributed by atoms with Crippen LogP contribution in [0.15, 0.2) is 36.4 Å². The number of sulfonamides is 1. The molecule has 0 bridgehead atoms. The molecular formula is C20H26N2O5S. The first-order valence-corrected chi connectivity index (χ1v) is 10.5. The summed E-state index contributed by atoms with van der Waals surface area (Å²) in [4.78, 5) is 12.9. The van der Waals surface area contributed by atoms with E-state index in [-0.39, 0.29) is 0 Å². The standard InChI is InChI=1S/C20H26N2O5S/c1-13-8-7-9-14(2)19(13)21-20(23)15(3)22(28(6,24)25)16-10-11-17(26-4)18(12-16)27-5/h7-12,15H,1-6H3,(H,21,23)/t15-/m0/s1. The Morgan fingerprint density at radius 2 is 1.61 bits per heavy atom. The third-order valence-corrected chi connectivity index (χ3v) is 5.68. The number of aryl methyl sites for hydroxylation is 2. The molecule has 0 saturated heterocycles. The minimum atomic E-state index is -3.74. The highest BCUT2D eigenvalue weighted by atomic mass is 32.2. The van der Waals surface area contributed by atoms with E-state index in [9.17, 15) is 13.2 Å². The van der Waals surface area contributed by atoms with Crippen molar-refractivity contribution in [1.29, 1.82) is 0 Å². The molecule has 0 aliphatic heterocycles. The van der Waals surface area contributed by atoms with E-state index in [4.69, 9.17) is 9.47 Å². The van der Waals surface area contributed by atoms with E-state index in [1.165, 1.54) is 20.3 Å². The fraction of sp³-hybridized carbons (Fsp3) is 0.350. The lowest BCUT2D eigenvalue weighted by Gasteiger charge is -2.29. The summed E-state index contributed by atoms with van der Waals surface area (Å²) in [6.45, 7) is 5.31. The van der Waals surface area contributed by atoms with Gasteiger partial charge in [-0.2, -0.15) is 0 Å². The van der Waals surface area contributed by atoms with Crippen molar-refractivity contribution in [3.63, 3.8) is 0 Å². The number of rotatable bonds is 7. The second-order valence-electron chi connectivity index (χ2n) is 6.53. The van der Waals surface area contributed by atoms with Gasteiger partial charge in [-0.15, -0.1) is 0 Å². The molecule has 8 heteroatoms. The summed E-state index contributed by atoms with van der Waals surface area (Å²) in [5.41, 5.74) is 2.79. The van der Waals surface area contributed by atoms with Crippen LogP contribution in [0.25, 0.3) is 0 Å². The Morgan fingerprint density at radius 1 is 1.04 bits per heavy atom. The summed E-state index contributed by atoms with van der Waals surface area (Å²) in [5, 5.41) is 2.85. The molecular weight excluding hydrogens is 380 g/mol. The van der Waals surface area contributed by atoms with Gasteiger partial charge < -0.3 is 14.8 Å². The quantitative estimate of drug-likeness (QED) is 0.764. The molecule has 152 valence electrons. The van der Waals surface area contributed by atoms with Crippen LogP contribution < -0.4 is 19.1 Å². The van der Waals surface area contributed by atoms with E-state index in [0.29, 0.717) is 22.9 Å². The lowest BCUT2D eigenvalue weighted by atomic mass is 10.1. The van der Waals surface area contributed by atoms with E-state index >= 15 is 0 Å². The second kappa shape index (κ2) is 8.52. The number of para-hydroxylation sites is 1. The van der Waals surface area contributed by atoms with Gasteiger partial charge in [0.05, 0.1) is 26.2 Å².